The molecule has 1 fully saturated rings. The minimum atomic E-state index is -3.75. The van der Waals surface area contributed by atoms with Crippen molar-refractivity contribution >= 4 is 44.2 Å². The Hall–Kier alpha value is -1.23. The molecule has 150 valence electrons. The smallest absolute Gasteiger partial charge is 0.243 e. The van der Waals surface area contributed by atoms with Crippen LogP contribution in [0.1, 0.15) is 13.8 Å². The molecule has 1 aliphatic rings. The summed E-state index contributed by atoms with van der Waals surface area (Å²) in [5, 5.41) is 0. The van der Waals surface area contributed by atoms with E-state index in [0.29, 0.717) is 17.4 Å². The Bertz CT molecular complexity index is 777. The van der Waals surface area contributed by atoms with E-state index < -0.39 is 15.8 Å². The van der Waals surface area contributed by atoms with Crippen LogP contribution in [0.2, 0.25) is 0 Å². The van der Waals surface area contributed by atoms with E-state index in [0.717, 1.165) is 19.2 Å². The highest BCUT2D eigenvalue weighted by Gasteiger charge is 2.30. The van der Waals surface area contributed by atoms with Gasteiger partial charge in [0.1, 0.15) is 10.1 Å². The van der Waals surface area contributed by atoms with Crippen molar-refractivity contribution in [1.82, 2.24) is 14.1 Å². The molecule has 0 atom stereocenters. The minimum Gasteiger partial charge on any atom is -0.358 e. The van der Waals surface area contributed by atoms with Gasteiger partial charge in [0.15, 0.2) is 0 Å². The van der Waals surface area contributed by atoms with E-state index in [-0.39, 0.29) is 29.6 Å². The van der Waals surface area contributed by atoms with Crippen molar-refractivity contribution in [3.05, 3.63) is 30.1 Å². The minimum absolute atomic E-state index is 0.0580. The summed E-state index contributed by atoms with van der Waals surface area (Å²) in [7, 11) is -3.75. The first-order valence-corrected chi connectivity index (χ1v) is 11.6. The number of amides is 1. The van der Waals surface area contributed by atoms with Crippen molar-refractivity contribution < 1.29 is 17.6 Å². The molecule has 1 aliphatic heterocycles. The molecule has 1 aromatic carbocycles. The summed E-state index contributed by atoms with van der Waals surface area (Å²) in [6.45, 7) is 6.62. The van der Waals surface area contributed by atoms with Gasteiger partial charge in [-0.3, -0.25) is 4.79 Å². The monoisotopic (exact) mass is 433 g/mol. The molecule has 0 spiro atoms. The van der Waals surface area contributed by atoms with Crippen LogP contribution in [-0.4, -0.2) is 77.8 Å². The average Bonchev–Trinajstić information content (AvgIpc) is 2.67. The topological polar surface area (TPSA) is 60.9 Å². The van der Waals surface area contributed by atoms with E-state index in [1.165, 1.54) is 34.3 Å². The fraction of sp³-hybridized carbons (Fsp3) is 0.529. The highest BCUT2D eigenvalue weighted by atomic mass is 32.2. The first-order valence-electron chi connectivity index (χ1n) is 8.74. The van der Waals surface area contributed by atoms with Crippen LogP contribution in [0.3, 0.4) is 0 Å². The number of carbonyl (C=O) groups is 1. The van der Waals surface area contributed by atoms with Gasteiger partial charge in [0.25, 0.3) is 0 Å². The molecule has 1 aromatic rings. The van der Waals surface area contributed by atoms with Crippen LogP contribution in [0.25, 0.3) is 0 Å². The van der Waals surface area contributed by atoms with Gasteiger partial charge < -0.3 is 9.80 Å². The molecule has 0 saturated carbocycles. The number of carbonyl (C=O) groups excluding carboxylic acids is 1. The maximum absolute atomic E-state index is 13.3. The van der Waals surface area contributed by atoms with E-state index >= 15 is 0 Å². The summed E-state index contributed by atoms with van der Waals surface area (Å²) in [6, 6.07) is 4.96. The van der Waals surface area contributed by atoms with Crippen LogP contribution < -0.4 is 0 Å². The van der Waals surface area contributed by atoms with E-state index in [9.17, 15) is 17.6 Å². The first-order chi connectivity index (χ1) is 12.8. The van der Waals surface area contributed by atoms with E-state index in [2.05, 4.69) is 0 Å². The molecule has 0 unspecified atom stereocenters. The van der Waals surface area contributed by atoms with Gasteiger partial charge in [0.05, 0.1) is 10.6 Å². The summed E-state index contributed by atoms with van der Waals surface area (Å²) >= 11 is 6.66. The molecule has 10 heteroatoms. The van der Waals surface area contributed by atoms with E-state index in [1.807, 2.05) is 18.7 Å². The van der Waals surface area contributed by atoms with Crippen LogP contribution in [0, 0.1) is 5.82 Å². The number of thiocarbonyl (C=S) groups is 1. The molecule has 1 saturated heterocycles. The lowest BCUT2D eigenvalue weighted by Gasteiger charge is -2.34. The molecule has 27 heavy (non-hydrogen) atoms. The molecule has 1 amide bonds. The first kappa shape index (κ1) is 22.1. The van der Waals surface area contributed by atoms with Crippen LogP contribution in [0.5, 0.6) is 0 Å². The van der Waals surface area contributed by atoms with Crippen molar-refractivity contribution in [2.24, 2.45) is 0 Å². The second kappa shape index (κ2) is 9.81. The summed E-state index contributed by atoms with van der Waals surface area (Å²) < 4.78 is 40.5. The number of sulfonamides is 1. The summed E-state index contributed by atoms with van der Waals surface area (Å²) in [4.78, 5) is 16.0. The molecule has 1 heterocycles. The Morgan fingerprint density at radius 3 is 2.41 bits per heavy atom. The van der Waals surface area contributed by atoms with Crippen molar-refractivity contribution in [2.45, 2.75) is 18.7 Å². The number of thioether (sulfide) groups is 1. The zero-order valence-corrected chi connectivity index (χ0v) is 17.9. The molecule has 0 radical (unpaired) electrons. The predicted molar refractivity (Wildman–Crippen MR) is 110 cm³/mol. The summed E-state index contributed by atoms with van der Waals surface area (Å²) in [5.41, 5.74) is 0. The van der Waals surface area contributed by atoms with Gasteiger partial charge in [0.2, 0.25) is 15.9 Å². The van der Waals surface area contributed by atoms with Gasteiger partial charge in [-0.05, 0) is 32.0 Å². The van der Waals surface area contributed by atoms with Crippen molar-refractivity contribution in [3.8, 4) is 0 Å². The maximum Gasteiger partial charge on any atom is 0.243 e. The molecule has 0 aromatic heterocycles. The van der Waals surface area contributed by atoms with Crippen LogP contribution in [-0.2, 0) is 14.8 Å². The molecular weight excluding hydrogens is 409 g/mol. The maximum atomic E-state index is 13.3. The van der Waals surface area contributed by atoms with Crippen molar-refractivity contribution in [2.75, 3.05) is 45.0 Å². The average molecular weight is 434 g/mol. The number of benzene rings is 1. The number of hydrogen-bond acceptors (Lipinski definition) is 5. The van der Waals surface area contributed by atoms with Crippen molar-refractivity contribution in [3.63, 3.8) is 0 Å². The second-order valence-corrected chi connectivity index (χ2v) is 9.52. The molecule has 0 aliphatic carbocycles. The molecule has 0 bridgehead atoms. The molecule has 0 N–H and O–H groups in total. The third-order valence-corrected chi connectivity index (χ3v) is 7.77. The number of hydrogen-bond donors (Lipinski definition) is 0. The standard InChI is InChI=1S/C17H24FN3O3S3/c1-3-19(4-2)17(25)26-13-16(22)20-8-10-21(11-9-20)27(23,24)15-7-5-6-14(18)12-15/h5-7,12H,3-4,8-11,13H2,1-2H3. The van der Waals surface area contributed by atoms with E-state index in [4.69, 9.17) is 12.2 Å². The fourth-order valence-electron chi connectivity index (χ4n) is 2.74. The summed E-state index contributed by atoms with van der Waals surface area (Å²) in [5.74, 6) is -0.408. The van der Waals surface area contributed by atoms with Gasteiger partial charge in [-0.15, -0.1) is 0 Å². The predicted octanol–water partition coefficient (Wildman–Crippen LogP) is 2.02. The Morgan fingerprint density at radius 1 is 1.22 bits per heavy atom. The third-order valence-electron chi connectivity index (χ3n) is 4.37. The second-order valence-electron chi connectivity index (χ2n) is 5.97. The van der Waals surface area contributed by atoms with Crippen LogP contribution in [0.4, 0.5) is 4.39 Å². The van der Waals surface area contributed by atoms with Gasteiger partial charge in [-0.1, -0.05) is 30.0 Å². The lowest BCUT2D eigenvalue weighted by Crippen LogP contribution is -2.51. The SMILES string of the molecule is CCN(CC)C(=S)SCC(=O)N1CCN(S(=O)(=O)c2cccc(F)c2)CC1. The lowest BCUT2D eigenvalue weighted by molar-refractivity contribution is -0.129. The Morgan fingerprint density at radius 2 is 1.85 bits per heavy atom. The van der Waals surface area contributed by atoms with Gasteiger partial charge in [-0.2, -0.15) is 4.31 Å². The van der Waals surface area contributed by atoms with Crippen molar-refractivity contribution in [1.29, 1.82) is 0 Å². The highest BCUT2D eigenvalue weighted by Crippen LogP contribution is 2.19. The molecule has 2 rings (SSSR count). The number of piperazine rings is 1. The van der Waals surface area contributed by atoms with Gasteiger partial charge in [0, 0.05) is 39.3 Å². The zero-order chi connectivity index (χ0) is 20.0. The summed E-state index contributed by atoms with van der Waals surface area (Å²) in [6.07, 6.45) is 0. The lowest BCUT2D eigenvalue weighted by atomic mass is 10.3. The molecular formula is C17H24FN3O3S3. The third kappa shape index (κ3) is 5.63. The quantitative estimate of drug-likeness (QED) is 0.640. The number of rotatable bonds is 6. The van der Waals surface area contributed by atoms with Crippen LogP contribution >= 0.6 is 24.0 Å². The van der Waals surface area contributed by atoms with Gasteiger partial charge >= 0.3 is 0 Å². The largest absolute Gasteiger partial charge is 0.358 e. The number of halogens is 1. The Labute approximate surface area is 169 Å². The van der Waals surface area contributed by atoms with E-state index in [1.54, 1.807) is 4.90 Å². The normalized spacial score (nSPS) is 15.6. The van der Waals surface area contributed by atoms with Gasteiger partial charge in [-0.25, -0.2) is 12.8 Å². The van der Waals surface area contributed by atoms with Crippen LogP contribution in [0.15, 0.2) is 29.2 Å². The zero-order valence-electron chi connectivity index (χ0n) is 15.4. The fourth-order valence-corrected chi connectivity index (χ4v) is 5.50. The molecule has 6 nitrogen and oxygen atoms in total. The number of nitrogens with zero attached hydrogens (tertiary/aromatic N) is 3. The highest BCUT2D eigenvalue weighted by molar-refractivity contribution is 8.23. The Kier molecular flexibility index (Phi) is 8.02. The Balaban J connectivity index is 1.89.